The van der Waals surface area contributed by atoms with Gasteiger partial charge in [-0.15, -0.1) is 0 Å². The first-order valence-electron chi connectivity index (χ1n) is 27.5. The van der Waals surface area contributed by atoms with Gasteiger partial charge >= 0.3 is 11.9 Å². The van der Waals surface area contributed by atoms with E-state index in [1.54, 1.807) is 0 Å². The number of nitrogens with one attached hydrogen (secondary N) is 3. The quantitative estimate of drug-likeness (QED) is 0.0382. The van der Waals surface area contributed by atoms with E-state index >= 15 is 0 Å². The molecule has 6 aliphatic heterocycles. The first-order chi connectivity index (χ1) is 41.8. The maximum Gasteiger partial charge on any atom is 0.364 e. The van der Waals surface area contributed by atoms with Crippen molar-refractivity contribution in [3.8, 4) is 0 Å². The third-order valence-corrected chi connectivity index (χ3v) is 15.7. The second-order valence-corrected chi connectivity index (χ2v) is 21.9. The number of hydrogen-bond acceptors (Lipinski definition) is 36. The first-order valence-corrected chi connectivity index (χ1v) is 27.5. The van der Waals surface area contributed by atoms with Gasteiger partial charge in [-0.1, -0.05) is 0 Å². The molecule has 3 amide bonds. The fourth-order valence-corrected chi connectivity index (χ4v) is 11.0. The maximum absolute atomic E-state index is 13.3. The Labute approximate surface area is 501 Å². The van der Waals surface area contributed by atoms with Gasteiger partial charge in [-0.2, -0.15) is 0 Å². The van der Waals surface area contributed by atoms with Crippen molar-refractivity contribution in [1.82, 2.24) is 16.0 Å². The van der Waals surface area contributed by atoms with E-state index in [1.165, 1.54) is 0 Å². The predicted molar refractivity (Wildman–Crippen MR) is 270 cm³/mol. The zero-order valence-electron chi connectivity index (χ0n) is 47.1. The lowest BCUT2D eigenvalue weighted by Gasteiger charge is -2.52. The molecule has 6 heterocycles. The number of aliphatic carboxylic acids is 2. The van der Waals surface area contributed by atoms with E-state index in [0.717, 1.165) is 13.8 Å². The van der Waals surface area contributed by atoms with Crippen LogP contribution in [0.3, 0.4) is 0 Å². The highest BCUT2D eigenvalue weighted by Crippen LogP contribution is 2.41. The molecule has 0 aliphatic carbocycles. The summed E-state index contributed by atoms with van der Waals surface area (Å²) in [5, 5.41) is 244. The zero-order valence-corrected chi connectivity index (χ0v) is 47.1. The number of rotatable bonds is 26. The highest BCUT2D eigenvalue weighted by Gasteiger charge is 2.63. The molecule has 0 saturated carbocycles. The molecule has 6 fully saturated rings. The summed E-state index contributed by atoms with van der Waals surface area (Å²) in [6.45, 7) is -6.74. The molecule has 41 heteroatoms. The van der Waals surface area contributed by atoms with Crippen molar-refractivity contribution in [3.05, 3.63) is 0 Å². The van der Waals surface area contributed by atoms with Crippen LogP contribution >= 0.6 is 0 Å². The van der Waals surface area contributed by atoms with Gasteiger partial charge < -0.3 is 180 Å². The van der Waals surface area contributed by atoms with Gasteiger partial charge in [0, 0.05) is 26.7 Å². The van der Waals surface area contributed by atoms with E-state index in [9.17, 15) is 136 Å². The topological polar surface area (TPSA) is 668 Å². The number of carboxylic acids is 2. The maximum atomic E-state index is 13.3. The summed E-state index contributed by atoms with van der Waals surface area (Å²) in [5.41, 5.74) is 0. The van der Waals surface area contributed by atoms with Crippen molar-refractivity contribution in [3.63, 3.8) is 0 Å². The summed E-state index contributed by atoms with van der Waals surface area (Å²) in [6.07, 6.45) is -62.9. The Kier molecular flexibility index (Phi) is 26.1. The number of carboxylic acid groups (broad SMARTS) is 2. The van der Waals surface area contributed by atoms with E-state index in [4.69, 9.17) is 52.1 Å². The Bertz CT molecular complexity index is 2340. The summed E-state index contributed by atoms with van der Waals surface area (Å²) in [4.78, 5) is 64.2. The molecule has 6 rings (SSSR count). The van der Waals surface area contributed by atoms with E-state index in [1.807, 2.05) is 5.32 Å². The Morgan fingerprint density at radius 1 is 0.483 bits per heavy atom. The number of aliphatic hydroxyl groups is 20. The molecule has 0 aromatic heterocycles. The Morgan fingerprint density at radius 3 is 1.39 bits per heavy atom. The van der Waals surface area contributed by atoms with Gasteiger partial charge in [0.05, 0.1) is 63.9 Å². The van der Waals surface area contributed by atoms with Crippen molar-refractivity contribution < 1.29 is 188 Å². The van der Waals surface area contributed by atoms with Crippen molar-refractivity contribution in [2.45, 2.75) is 222 Å². The molecule has 25 N–H and O–H groups in total. The molecular formula is C48H79N3O38. The minimum atomic E-state index is -3.41. The summed E-state index contributed by atoms with van der Waals surface area (Å²) in [5.74, 6) is -14.2. The standard InChI is InChI=1S/C48H79N3O38/c1-12(58)49-23-14(60)3-47(45(75)76,87-37(23)26(65)16(62)5-52)79-11-21-30(69)36(25(50-13(2)59)42(83-21)86-39-28(67)18(7-54)81-43(33(39)72)84-35-20(9-56)80-41(74)32(71)31(35)70)85-44-34(73)40(29(68)19(8-55)82-44)89-48(46(77)78)4-15(61)24(51-22(64)10-57)38(88-48)27(66)17(63)6-53/h14-21,23-44,52-57,60-63,65-74H,3-11H2,1-2H3,(H,49,58)(H,50,59)(H,51,64)(H,75,76)(H,77,78)/t14-,15-,16+,17+,18+,19+,20+,21+,23+,24+,25+,26+,27+,28-,29-,30+,31+,32+,33+,34+,35+,36+,37+,38+,39-,40-,41+,42-,43-,44-,47+,48-/m0/s1. The number of amides is 3. The van der Waals surface area contributed by atoms with Crippen LogP contribution in [0.1, 0.15) is 26.7 Å². The normalized spacial score (nSPS) is 44.2. The molecule has 0 unspecified atom stereocenters. The Balaban J connectivity index is 1.43. The fraction of sp³-hybridized carbons (Fsp3) is 0.896. The van der Waals surface area contributed by atoms with Crippen molar-refractivity contribution in [2.24, 2.45) is 0 Å². The highest BCUT2D eigenvalue weighted by atomic mass is 16.8. The van der Waals surface area contributed by atoms with Gasteiger partial charge in [0.15, 0.2) is 25.2 Å². The lowest BCUT2D eigenvalue weighted by molar-refractivity contribution is -0.391. The lowest BCUT2D eigenvalue weighted by atomic mass is 9.88. The Morgan fingerprint density at radius 2 is 0.910 bits per heavy atom. The summed E-state index contributed by atoms with van der Waals surface area (Å²) in [6, 6.07) is -5.82. The smallest absolute Gasteiger partial charge is 0.364 e. The van der Waals surface area contributed by atoms with Gasteiger partial charge in [0.2, 0.25) is 17.7 Å². The largest absolute Gasteiger partial charge is 0.477 e. The molecule has 514 valence electrons. The third-order valence-electron chi connectivity index (χ3n) is 15.7. The van der Waals surface area contributed by atoms with Crippen molar-refractivity contribution in [1.29, 1.82) is 0 Å². The van der Waals surface area contributed by atoms with Crippen LogP contribution in [0.5, 0.6) is 0 Å². The third kappa shape index (κ3) is 16.2. The predicted octanol–water partition coefficient (Wildman–Crippen LogP) is -16.3. The van der Waals surface area contributed by atoms with Crippen LogP contribution in [-0.4, -0.2) is 384 Å². The zero-order chi connectivity index (χ0) is 66.5. The van der Waals surface area contributed by atoms with Crippen molar-refractivity contribution in [2.75, 3.05) is 46.2 Å². The van der Waals surface area contributed by atoms with Gasteiger partial charge in [-0.05, 0) is 0 Å². The van der Waals surface area contributed by atoms with Crippen LogP contribution in [0, 0.1) is 0 Å². The molecular weight excluding hydrogens is 1230 g/mol. The molecule has 0 aromatic carbocycles. The number of aliphatic hydroxyl groups excluding tert-OH is 20. The molecule has 89 heavy (non-hydrogen) atoms. The highest BCUT2D eigenvalue weighted by molar-refractivity contribution is 5.78. The number of hydrogen-bond donors (Lipinski definition) is 25. The summed E-state index contributed by atoms with van der Waals surface area (Å²) in [7, 11) is 0. The average Bonchev–Trinajstić information content (AvgIpc) is 0.895. The number of carbonyl (C=O) groups is 5. The van der Waals surface area contributed by atoms with E-state index in [2.05, 4.69) is 10.6 Å². The van der Waals surface area contributed by atoms with Crippen LogP contribution in [0.15, 0.2) is 0 Å². The SMILES string of the molecule is CC(=O)N[C@H]1[C@H](O[C@H]2[C@@H](O)[C@@H](CO)O[C@@H](O[C@H]3[C@H](O)[C@@H](O)[C@H](O)O[C@@H]3CO)[C@@H]2O)O[C@H](CO[C@]2(C(=O)O)C[C@H](O)[C@@H](NC(C)=O)[C@H]([C@H](O)[C@H](O)CO)O2)[C@@H](O)[C@@H]1O[C@@H]1O[C@H](CO)[C@H](O)[C@H](O[C@]2(C(=O)O)C[C@H](O)[C@@H](NC(=O)CO)[C@H]([C@H](O)[C@H](O)CO)O2)[C@H]1O. The minimum absolute atomic E-state index is 0.844. The van der Waals surface area contributed by atoms with Crippen LogP contribution in [0.4, 0.5) is 0 Å². The molecule has 0 radical (unpaired) electrons. The number of carbonyl (C=O) groups excluding carboxylic acids is 3. The van der Waals surface area contributed by atoms with Gasteiger partial charge in [-0.25, -0.2) is 9.59 Å². The molecule has 0 spiro atoms. The molecule has 6 aliphatic rings. The first kappa shape index (κ1) is 74.2. The monoisotopic (exact) mass is 1310 g/mol. The molecule has 0 aromatic rings. The van der Waals surface area contributed by atoms with Crippen LogP contribution in [-0.2, 0) is 76.1 Å². The Hall–Kier alpha value is -3.89. The lowest BCUT2D eigenvalue weighted by Crippen LogP contribution is -2.72. The van der Waals surface area contributed by atoms with E-state index < -0.39 is 284 Å². The molecule has 32 atom stereocenters. The summed E-state index contributed by atoms with van der Waals surface area (Å²) >= 11 is 0. The second-order valence-electron chi connectivity index (χ2n) is 21.9. The van der Waals surface area contributed by atoms with Gasteiger partial charge in [-0.3, -0.25) is 14.4 Å². The van der Waals surface area contributed by atoms with Crippen LogP contribution in [0.25, 0.3) is 0 Å². The van der Waals surface area contributed by atoms with Crippen LogP contribution in [0.2, 0.25) is 0 Å². The van der Waals surface area contributed by atoms with Gasteiger partial charge in [0.25, 0.3) is 11.6 Å². The molecule has 41 nitrogen and oxygen atoms in total. The fourth-order valence-electron chi connectivity index (χ4n) is 11.0. The van der Waals surface area contributed by atoms with Crippen LogP contribution < -0.4 is 16.0 Å². The number of ether oxygens (including phenoxy) is 11. The van der Waals surface area contributed by atoms with E-state index in [-0.39, 0.29) is 0 Å². The average molecular weight is 1310 g/mol. The molecule has 0 bridgehead atoms. The molecule has 6 saturated heterocycles. The van der Waals surface area contributed by atoms with Gasteiger partial charge in [0.1, 0.15) is 141 Å². The van der Waals surface area contributed by atoms with E-state index in [0.29, 0.717) is 0 Å². The van der Waals surface area contributed by atoms with Crippen molar-refractivity contribution >= 4 is 29.7 Å². The summed E-state index contributed by atoms with van der Waals surface area (Å²) < 4.78 is 63.0. The second kappa shape index (κ2) is 31.4. The minimum Gasteiger partial charge on any atom is -0.477 e.